The summed E-state index contributed by atoms with van der Waals surface area (Å²) in [6.45, 7) is 3.57. The first-order valence-corrected chi connectivity index (χ1v) is 10.6. The Morgan fingerprint density at radius 3 is 2.93 bits per heavy atom. The van der Waals surface area contributed by atoms with Crippen LogP contribution in [0.5, 0.6) is 5.75 Å². The van der Waals surface area contributed by atoms with Gasteiger partial charge in [-0.15, -0.1) is 0 Å². The van der Waals surface area contributed by atoms with E-state index in [0.29, 0.717) is 12.5 Å². The average molecular weight is 393 g/mol. The van der Waals surface area contributed by atoms with Gasteiger partial charge in [-0.25, -0.2) is 0 Å². The van der Waals surface area contributed by atoms with Gasteiger partial charge in [-0.3, -0.25) is 4.98 Å². The van der Waals surface area contributed by atoms with E-state index in [0.717, 1.165) is 66.6 Å². The van der Waals surface area contributed by atoms with Gasteiger partial charge in [-0.05, 0) is 50.8 Å². The summed E-state index contributed by atoms with van der Waals surface area (Å²) < 4.78 is 10.9. The molecule has 4 rings (SSSR count). The van der Waals surface area contributed by atoms with Gasteiger partial charge in [0.05, 0.1) is 12.3 Å². The number of hydrogen-bond donors (Lipinski definition) is 1. The third-order valence-electron chi connectivity index (χ3n) is 5.02. The normalized spacial score (nSPS) is 13.4. The van der Waals surface area contributed by atoms with E-state index in [1.807, 2.05) is 19.1 Å². The van der Waals surface area contributed by atoms with E-state index in [1.54, 1.807) is 6.20 Å². The minimum Gasteiger partial charge on any atom is -0.494 e. The van der Waals surface area contributed by atoms with E-state index in [4.69, 9.17) is 9.26 Å². The van der Waals surface area contributed by atoms with Crippen LogP contribution < -0.4 is 10.1 Å². The number of hydrogen-bond acceptors (Lipinski definition) is 6. The molecule has 29 heavy (non-hydrogen) atoms. The number of unbranched alkanes of at least 4 members (excludes halogenated alkanes) is 2. The molecule has 152 valence electrons. The van der Waals surface area contributed by atoms with E-state index in [-0.39, 0.29) is 0 Å². The molecule has 2 heterocycles. The van der Waals surface area contributed by atoms with Crippen LogP contribution in [0, 0.1) is 0 Å². The van der Waals surface area contributed by atoms with Gasteiger partial charge < -0.3 is 14.6 Å². The minimum absolute atomic E-state index is 0.560. The predicted octanol–water partition coefficient (Wildman–Crippen LogP) is 5.23. The van der Waals surface area contributed by atoms with E-state index in [2.05, 4.69) is 44.7 Å². The molecule has 1 N–H and O–H groups in total. The summed E-state index contributed by atoms with van der Waals surface area (Å²) in [6, 6.07) is 12.2. The Morgan fingerprint density at radius 1 is 1.14 bits per heavy atom. The quantitative estimate of drug-likeness (QED) is 0.450. The lowest BCUT2D eigenvalue weighted by atomic mass is 10.1. The summed E-state index contributed by atoms with van der Waals surface area (Å²) in [5.74, 6) is 3.10. The number of rotatable bonds is 11. The van der Waals surface area contributed by atoms with Crippen LogP contribution >= 0.6 is 0 Å². The summed E-state index contributed by atoms with van der Waals surface area (Å²) in [7, 11) is 0. The average Bonchev–Trinajstić information content (AvgIpc) is 3.50. The number of pyridine rings is 1. The van der Waals surface area contributed by atoms with Crippen molar-refractivity contribution >= 4 is 5.69 Å². The van der Waals surface area contributed by atoms with Crippen LogP contribution in [0.4, 0.5) is 5.69 Å². The Hall–Kier alpha value is -2.89. The second-order valence-corrected chi connectivity index (χ2v) is 7.45. The maximum Gasteiger partial charge on any atom is 0.226 e. The lowest BCUT2D eigenvalue weighted by molar-refractivity contribution is 0.340. The van der Waals surface area contributed by atoms with Crippen LogP contribution in [0.25, 0.3) is 11.3 Å². The van der Waals surface area contributed by atoms with Gasteiger partial charge in [0.2, 0.25) is 5.89 Å². The Kier molecular flexibility index (Phi) is 6.39. The highest BCUT2D eigenvalue weighted by Gasteiger charge is 2.28. The summed E-state index contributed by atoms with van der Waals surface area (Å²) in [5.41, 5.74) is 3.11. The molecule has 2 aromatic heterocycles. The molecule has 6 heteroatoms. The van der Waals surface area contributed by atoms with E-state index in [1.165, 1.54) is 12.8 Å². The standard InChI is InChI=1S/C23H28N4O2/c1-2-28-20-12-14-25-21(16-20)18-7-6-8-19(15-18)24-13-5-3-4-9-22-26-23(27-29-22)17-10-11-17/h6-8,12,14-17,24H,2-5,9-11,13H2,1H3. The SMILES string of the molecule is CCOc1ccnc(-c2cccc(NCCCCCc3nc(C4CC4)no3)c2)c1. The van der Waals surface area contributed by atoms with Crippen LogP contribution in [-0.2, 0) is 6.42 Å². The number of nitrogens with zero attached hydrogens (tertiary/aromatic N) is 3. The van der Waals surface area contributed by atoms with Crippen molar-refractivity contribution in [3.05, 3.63) is 54.3 Å². The number of nitrogens with one attached hydrogen (secondary N) is 1. The molecule has 0 aliphatic heterocycles. The van der Waals surface area contributed by atoms with E-state index >= 15 is 0 Å². The molecule has 1 aromatic carbocycles. The van der Waals surface area contributed by atoms with Crippen molar-refractivity contribution in [1.29, 1.82) is 0 Å². The van der Waals surface area contributed by atoms with Gasteiger partial charge in [0.25, 0.3) is 0 Å². The molecular weight excluding hydrogens is 364 g/mol. The molecule has 3 aromatic rings. The summed E-state index contributed by atoms with van der Waals surface area (Å²) in [6.07, 6.45) is 8.38. The molecule has 0 saturated heterocycles. The zero-order valence-electron chi connectivity index (χ0n) is 16.9. The second kappa shape index (κ2) is 9.54. The predicted molar refractivity (Wildman–Crippen MR) is 113 cm³/mol. The van der Waals surface area contributed by atoms with Crippen molar-refractivity contribution in [2.24, 2.45) is 0 Å². The van der Waals surface area contributed by atoms with Gasteiger partial charge in [-0.2, -0.15) is 4.98 Å². The number of anilines is 1. The topological polar surface area (TPSA) is 73.1 Å². The van der Waals surface area contributed by atoms with E-state index < -0.39 is 0 Å². The largest absolute Gasteiger partial charge is 0.494 e. The molecule has 1 fully saturated rings. The highest BCUT2D eigenvalue weighted by Crippen LogP contribution is 2.38. The minimum atomic E-state index is 0.560. The molecule has 6 nitrogen and oxygen atoms in total. The van der Waals surface area contributed by atoms with Gasteiger partial charge in [-0.1, -0.05) is 23.7 Å². The molecular formula is C23H28N4O2. The molecule has 0 unspecified atom stereocenters. The highest BCUT2D eigenvalue weighted by atomic mass is 16.5. The highest BCUT2D eigenvalue weighted by molar-refractivity contribution is 5.66. The van der Waals surface area contributed by atoms with Crippen molar-refractivity contribution in [3.8, 4) is 17.0 Å². The fraction of sp³-hybridized carbons (Fsp3) is 0.435. The zero-order chi connectivity index (χ0) is 19.9. The van der Waals surface area contributed by atoms with Gasteiger partial charge >= 0.3 is 0 Å². The van der Waals surface area contributed by atoms with Crippen LogP contribution in [0.2, 0.25) is 0 Å². The Balaban J connectivity index is 1.20. The molecule has 0 bridgehead atoms. The van der Waals surface area contributed by atoms with Crippen LogP contribution in [0.1, 0.15) is 56.7 Å². The monoisotopic (exact) mass is 392 g/mol. The van der Waals surface area contributed by atoms with Crippen molar-refractivity contribution < 1.29 is 9.26 Å². The first-order chi connectivity index (χ1) is 14.3. The zero-order valence-corrected chi connectivity index (χ0v) is 16.9. The Labute approximate surface area is 171 Å². The lowest BCUT2D eigenvalue weighted by Crippen LogP contribution is -2.02. The van der Waals surface area contributed by atoms with Gasteiger partial charge in [0, 0.05) is 42.4 Å². The molecule has 0 radical (unpaired) electrons. The van der Waals surface area contributed by atoms with Gasteiger partial charge in [0.15, 0.2) is 5.82 Å². The molecule has 0 spiro atoms. The molecule has 0 amide bonds. The van der Waals surface area contributed by atoms with E-state index in [9.17, 15) is 0 Å². The molecule has 1 aliphatic rings. The third kappa shape index (κ3) is 5.56. The van der Waals surface area contributed by atoms with Crippen LogP contribution in [-0.4, -0.2) is 28.3 Å². The lowest BCUT2D eigenvalue weighted by Gasteiger charge is -2.09. The van der Waals surface area contributed by atoms with Crippen LogP contribution in [0.15, 0.2) is 47.1 Å². The number of benzene rings is 1. The Morgan fingerprint density at radius 2 is 2.07 bits per heavy atom. The second-order valence-electron chi connectivity index (χ2n) is 7.45. The summed E-state index contributed by atoms with van der Waals surface area (Å²) in [4.78, 5) is 8.96. The first kappa shape index (κ1) is 19.4. The third-order valence-corrected chi connectivity index (χ3v) is 5.02. The smallest absolute Gasteiger partial charge is 0.226 e. The van der Waals surface area contributed by atoms with Crippen molar-refractivity contribution in [2.75, 3.05) is 18.5 Å². The van der Waals surface area contributed by atoms with Gasteiger partial charge in [0.1, 0.15) is 5.75 Å². The fourth-order valence-electron chi connectivity index (χ4n) is 3.30. The van der Waals surface area contributed by atoms with Crippen molar-refractivity contribution in [2.45, 2.75) is 51.4 Å². The maximum atomic E-state index is 5.58. The first-order valence-electron chi connectivity index (χ1n) is 10.6. The van der Waals surface area contributed by atoms with Crippen molar-refractivity contribution in [1.82, 2.24) is 15.1 Å². The summed E-state index contributed by atoms with van der Waals surface area (Å²) in [5, 5.41) is 7.58. The Bertz CT molecular complexity index is 921. The molecule has 1 aliphatic carbocycles. The fourth-order valence-corrected chi connectivity index (χ4v) is 3.30. The molecule has 0 atom stereocenters. The summed E-state index contributed by atoms with van der Waals surface area (Å²) >= 11 is 0. The molecule has 1 saturated carbocycles. The number of aromatic nitrogens is 3. The van der Waals surface area contributed by atoms with Crippen molar-refractivity contribution in [3.63, 3.8) is 0 Å². The maximum absolute atomic E-state index is 5.58. The number of aryl methyl sites for hydroxylation is 1. The number of ether oxygens (including phenoxy) is 1. The van der Waals surface area contributed by atoms with Crippen LogP contribution in [0.3, 0.4) is 0 Å².